The average molecular weight is 214 g/mol. The molecule has 4 heteroatoms. The van der Waals surface area contributed by atoms with Gasteiger partial charge >= 0.3 is 0 Å². The molecule has 0 aromatic rings. The SMILES string of the molecule is CC(NCC(O)C(C)C)C(=O)NC1CC1. The van der Waals surface area contributed by atoms with Crippen LogP contribution in [-0.2, 0) is 4.79 Å². The second kappa shape index (κ2) is 5.47. The summed E-state index contributed by atoms with van der Waals surface area (Å²) in [6, 6.07) is 0.177. The molecule has 0 aromatic carbocycles. The monoisotopic (exact) mass is 214 g/mol. The van der Waals surface area contributed by atoms with E-state index in [0.29, 0.717) is 12.6 Å². The van der Waals surface area contributed by atoms with E-state index in [1.165, 1.54) is 0 Å². The number of aliphatic hydroxyl groups is 1. The Bertz CT molecular complexity index is 215. The van der Waals surface area contributed by atoms with Gasteiger partial charge in [-0.1, -0.05) is 13.8 Å². The van der Waals surface area contributed by atoms with Gasteiger partial charge in [0.05, 0.1) is 12.1 Å². The lowest BCUT2D eigenvalue weighted by Gasteiger charge is -2.18. The summed E-state index contributed by atoms with van der Waals surface area (Å²) >= 11 is 0. The lowest BCUT2D eigenvalue weighted by atomic mass is 10.1. The van der Waals surface area contributed by atoms with Gasteiger partial charge in [0.15, 0.2) is 0 Å². The molecule has 0 spiro atoms. The highest BCUT2D eigenvalue weighted by Crippen LogP contribution is 2.18. The van der Waals surface area contributed by atoms with E-state index in [9.17, 15) is 9.90 Å². The van der Waals surface area contributed by atoms with E-state index in [0.717, 1.165) is 12.8 Å². The van der Waals surface area contributed by atoms with Crippen molar-refractivity contribution in [2.75, 3.05) is 6.54 Å². The van der Waals surface area contributed by atoms with Crippen LogP contribution in [0.4, 0.5) is 0 Å². The fourth-order valence-corrected chi connectivity index (χ4v) is 1.18. The van der Waals surface area contributed by atoms with Crippen molar-refractivity contribution >= 4 is 5.91 Å². The third-order valence-corrected chi connectivity index (χ3v) is 2.72. The van der Waals surface area contributed by atoms with Crippen LogP contribution in [0.5, 0.6) is 0 Å². The molecule has 1 amide bonds. The predicted octanol–water partition coefficient (Wildman–Crippen LogP) is 0.260. The number of nitrogens with one attached hydrogen (secondary N) is 2. The van der Waals surface area contributed by atoms with Gasteiger partial charge in [0, 0.05) is 12.6 Å². The van der Waals surface area contributed by atoms with E-state index in [1.807, 2.05) is 20.8 Å². The third-order valence-electron chi connectivity index (χ3n) is 2.72. The first-order chi connectivity index (χ1) is 7.00. The zero-order chi connectivity index (χ0) is 11.4. The summed E-state index contributed by atoms with van der Waals surface area (Å²) in [5.74, 6) is 0.254. The highest BCUT2D eigenvalue weighted by Gasteiger charge is 2.25. The summed E-state index contributed by atoms with van der Waals surface area (Å²) in [5, 5.41) is 15.5. The normalized spacial score (nSPS) is 20.1. The molecule has 1 rings (SSSR count). The Morgan fingerprint density at radius 2 is 2.00 bits per heavy atom. The van der Waals surface area contributed by atoms with Crippen molar-refractivity contribution in [3.8, 4) is 0 Å². The zero-order valence-electron chi connectivity index (χ0n) is 9.79. The first-order valence-electron chi connectivity index (χ1n) is 5.72. The minimum Gasteiger partial charge on any atom is -0.392 e. The van der Waals surface area contributed by atoms with E-state index in [4.69, 9.17) is 0 Å². The molecule has 0 aliphatic heterocycles. The molecule has 1 aliphatic rings. The van der Waals surface area contributed by atoms with Crippen LogP contribution < -0.4 is 10.6 Å². The summed E-state index contributed by atoms with van der Waals surface area (Å²) in [4.78, 5) is 11.5. The maximum atomic E-state index is 11.5. The van der Waals surface area contributed by atoms with Gasteiger partial charge < -0.3 is 15.7 Å². The molecule has 4 nitrogen and oxygen atoms in total. The van der Waals surface area contributed by atoms with Gasteiger partial charge in [-0.2, -0.15) is 0 Å². The molecule has 1 saturated carbocycles. The smallest absolute Gasteiger partial charge is 0.237 e. The van der Waals surface area contributed by atoms with Crippen LogP contribution in [0.1, 0.15) is 33.6 Å². The van der Waals surface area contributed by atoms with Gasteiger partial charge in [-0.3, -0.25) is 4.79 Å². The summed E-state index contributed by atoms with van der Waals surface area (Å²) in [7, 11) is 0. The topological polar surface area (TPSA) is 61.4 Å². The number of aliphatic hydroxyl groups excluding tert-OH is 1. The molecular formula is C11H22N2O2. The summed E-state index contributed by atoms with van der Waals surface area (Å²) in [5.41, 5.74) is 0. The minimum atomic E-state index is -0.388. The summed E-state index contributed by atoms with van der Waals surface area (Å²) in [6.45, 7) is 6.21. The molecule has 1 aliphatic carbocycles. The van der Waals surface area contributed by atoms with Crippen molar-refractivity contribution in [2.24, 2.45) is 5.92 Å². The van der Waals surface area contributed by atoms with Crippen LogP contribution in [0.2, 0.25) is 0 Å². The number of hydrogen-bond acceptors (Lipinski definition) is 3. The Morgan fingerprint density at radius 1 is 1.40 bits per heavy atom. The fraction of sp³-hybridized carbons (Fsp3) is 0.909. The third kappa shape index (κ3) is 4.62. The quantitative estimate of drug-likeness (QED) is 0.594. The van der Waals surface area contributed by atoms with Crippen molar-refractivity contribution in [1.82, 2.24) is 10.6 Å². The van der Waals surface area contributed by atoms with E-state index in [1.54, 1.807) is 0 Å². The second-order valence-corrected chi connectivity index (χ2v) is 4.72. The molecule has 2 unspecified atom stereocenters. The Hall–Kier alpha value is -0.610. The largest absolute Gasteiger partial charge is 0.392 e. The van der Waals surface area contributed by atoms with Crippen LogP contribution in [0.25, 0.3) is 0 Å². The van der Waals surface area contributed by atoms with E-state index in [-0.39, 0.29) is 24.0 Å². The van der Waals surface area contributed by atoms with Gasteiger partial charge in [-0.05, 0) is 25.7 Å². The van der Waals surface area contributed by atoms with Gasteiger partial charge in [-0.25, -0.2) is 0 Å². The number of hydrogen-bond donors (Lipinski definition) is 3. The van der Waals surface area contributed by atoms with Gasteiger partial charge in [0.2, 0.25) is 5.91 Å². The molecule has 3 N–H and O–H groups in total. The fourth-order valence-electron chi connectivity index (χ4n) is 1.18. The van der Waals surface area contributed by atoms with E-state index in [2.05, 4.69) is 10.6 Å². The van der Waals surface area contributed by atoms with Crippen molar-refractivity contribution < 1.29 is 9.90 Å². The molecule has 0 radical (unpaired) electrons. The maximum Gasteiger partial charge on any atom is 0.237 e. The van der Waals surface area contributed by atoms with Crippen LogP contribution in [0.3, 0.4) is 0 Å². The molecule has 88 valence electrons. The van der Waals surface area contributed by atoms with Crippen molar-refractivity contribution in [2.45, 2.75) is 51.8 Å². The lowest BCUT2D eigenvalue weighted by Crippen LogP contribution is -2.46. The lowest BCUT2D eigenvalue weighted by molar-refractivity contribution is -0.123. The van der Waals surface area contributed by atoms with E-state index < -0.39 is 0 Å². The Labute approximate surface area is 91.4 Å². The number of amides is 1. The molecule has 15 heavy (non-hydrogen) atoms. The van der Waals surface area contributed by atoms with E-state index >= 15 is 0 Å². The Balaban J connectivity index is 2.16. The first-order valence-corrected chi connectivity index (χ1v) is 5.72. The molecule has 2 atom stereocenters. The van der Waals surface area contributed by atoms with Crippen molar-refractivity contribution in [1.29, 1.82) is 0 Å². The number of carbonyl (C=O) groups excluding carboxylic acids is 1. The summed E-state index contributed by atoms with van der Waals surface area (Å²) < 4.78 is 0. The predicted molar refractivity (Wildman–Crippen MR) is 59.5 cm³/mol. The highest BCUT2D eigenvalue weighted by molar-refractivity contribution is 5.81. The molecule has 0 heterocycles. The second-order valence-electron chi connectivity index (χ2n) is 4.72. The molecule has 0 bridgehead atoms. The average Bonchev–Trinajstić information content (AvgIpc) is 2.96. The standard InChI is InChI=1S/C11H22N2O2/c1-7(2)10(14)6-12-8(3)11(15)13-9-4-5-9/h7-10,12,14H,4-6H2,1-3H3,(H,13,15). The van der Waals surface area contributed by atoms with Gasteiger partial charge in [0.1, 0.15) is 0 Å². The molecule has 1 fully saturated rings. The number of carbonyl (C=O) groups is 1. The van der Waals surface area contributed by atoms with Crippen LogP contribution in [0, 0.1) is 5.92 Å². The molecular weight excluding hydrogens is 192 g/mol. The van der Waals surface area contributed by atoms with Crippen LogP contribution in [0.15, 0.2) is 0 Å². The Kier molecular flexibility index (Phi) is 4.54. The maximum absolute atomic E-state index is 11.5. The highest BCUT2D eigenvalue weighted by atomic mass is 16.3. The van der Waals surface area contributed by atoms with Crippen LogP contribution >= 0.6 is 0 Å². The first kappa shape index (κ1) is 12.5. The van der Waals surface area contributed by atoms with Gasteiger partial charge in [0.25, 0.3) is 0 Å². The zero-order valence-corrected chi connectivity index (χ0v) is 9.79. The number of rotatable bonds is 6. The summed E-state index contributed by atoms with van der Waals surface area (Å²) in [6.07, 6.45) is 1.82. The van der Waals surface area contributed by atoms with Crippen LogP contribution in [-0.4, -0.2) is 35.7 Å². The molecule has 0 saturated heterocycles. The van der Waals surface area contributed by atoms with Gasteiger partial charge in [-0.15, -0.1) is 0 Å². The Morgan fingerprint density at radius 3 is 2.47 bits per heavy atom. The van der Waals surface area contributed by atoms with Crippen molar-refractivity contribution in [3.63, 3.8) is 0 Å². The molecule has 0 aromatic heterocycles. The minimum absolute atomic E-state index is 0.0356. The van der Waals surface area contributed by atoms with Crippen molar-refractivity contribution in [3.05, 3.63) is 0 Å².